The molecule has 31 heavy (non-hydrogen) atoms. The molecule has 1 aromatic carbocycles. The van der Waals surface area contributed by atoms with E-state index in [0.29, 0.717) is 41.9 Å². The average Bonchev–Trinajstić information content (AvgIpc) is 2.72. The second-order valence-corrected chi connectivity index (χ2v) is 8.40. The fourth-order valence-corrected chi connectivity index (χ4v) is 4.83. The molecule has 1 aromatic rings. The average molecular weight is 440 g/mol. The third kappa shape index (κ3) is 4.85. The van der Waals surface area contributed by atoms with Gasteiger partial charge in [-0.15, -0.1) is 0 Å². The number of benzene rings is 1. The third-order valence-corrected chi connectivity index (χ3v) is 6.41. The van der Waals surface area contributed by atoms with Gasteiger partial charge in [0.1, 0.15) is 6.04 Å². The molecule has 3 atom stereocenters. The van der Waals surface area contributed by atoms with E-state index in [1.807, 2.05) is 30.3 Å². The van der Waals surface area contributed by atoms with Gasteiger partial charge in [-0.1, -0.05) is 49.6 Å². The summed E-state index contributed by atoms with van der Waals surface area (Å²) in [7, 11) is 1.01. The van der Waals surface area contributed by atoms with E-state index in [4.69, 9.17) is 0 Å². The Morgan fingerprint density at radius 3 is 2.32 bits per heavy atom. The molecule has 2 fully saturated rings. The Labute approximate surface area is 179 Å². The van der Waals surface area contributed by atoms with Gasteiger partial charge in [-0.25, -0.2) is 14.5 Å². The van der Waals surface area contributed by atoms with Crippen molar-refractivity contribution in [3.8, 4) is 0 Å². The van der Waals surface area contributed by atoms with E-state index >= 15 is 0 Å². The van der Waals surface area contributed by atoms with Crippen LogP contribution in [0.2, 0.25) is 0 Å². The van der Waals surface area contributed by atoms with Crippen molar-refractivity contribution in [1.82, 2.24) is 9.80 Å². The summed E-state index contributed by atoms with van der Waals surface area (Å²) in [6, 6.07) is 4.47. The summed E-state index contributed by atoms with van der Waals surface area (Å²) in [4.78, 5) is 38.3. The quantitative estimate of drug-likeness (QED) is 0.676. The molecule has 1 N–H and O–H groups in total. The molecule has 0 spiro atoms. The summed E-state index contributed by atoms with van der Waals surface area (Å²) in [6.45, 7) is 0. The number of β-lactam (4-membered cyclic amide) rings is 1. The molecule has 2 aliphatic rings. The van der Waals surface area contributed by atoms with Crippen molar-refractivity contribution in [2.24, 2.45) is 11.8 Å². The van der Waals surface area contributed by atoms with Crippen LogP contribution < -0.4 is 0 Å². The summed E-state index contributed by atoms with van der Waals surface area (Å²) in [5, 5.41) is 9.58. The highest BCUT2D eigenvalue weighted by Gasteiger charge is 2.57. The lowest BCUT2D eigenvalue weighted by molar-refractivity contribution is -0.193. The number of carboxylic acid groups (broad SMARTS) is 1. The van der Waals surface area contributed by atoms with Crippen LogP contribution in [0.1, 0.15) is 44.1 Å². The Morgan fingerprint density at radius 1 is 1.16 bits per heavy atom. The van der Waals surface area contributed by atoms with Gasteiger partial charge in [0.2, 0.25) is 5.91 Å². The lowest BCUT2D eigenvalue weighted by Crippen LogP contribution is -2.69. The van der Waals surface area contributed by atoms with Crippen LogP contribution in [0.3, 0.4) is 0 Å². The van der Waals surface area contributed by atoms with Crippen LogP contribution in [0, 0.1) is 11.8 Å². The topological polar surface area (TPSA) is 77.9 Å². The minimum atomic E-state index is -4.66. The number of aryl methyl sites for hydroxylation is 1. The van der Waals surface area contributed by atoms with Gasteiger partial charge in [-0.3, -0.25) is 4.79 Å². The van der Waals surface area contributed by atoms with E-state index in [-0.39, 0.29) is 6.42 Å². The molecule has 0 radical (unpaired) electrons. The fourth-order valence-electron chi connectivity index (χ4n) is 4.83. The highest BCUT2D eigenvalue weighted by molar-refractivity contribution is 6.07. The van der Waals surface area contributed by atoms with Crippen LogP contribution in [0.15, 0.2) is 30.3 Å². The van der Waals surface area contributed by atoms with Gasteiger partial charge in [0.15, 0.2) is 6.04 Å². The molecule has 0 aromatic heterocycles. The Bertz CT molecular complexity index is 809. The second kappa shape index (κ2) is 9.28. The zero-order valence-electron chi connectivity index (χ0n) is 17.3. The molecule has 6 nitrogen and oxygen atoms in total. The van der Waals surface area contributed by atoms with Crippen molar-refractivity contribution in [2.45, 2.75) is 63.2 Å². The number of carboxylic acids is 1. The Balaban J connectivity index is 1.74. The molecule has 1 saturated carbocycles. The summed E-state index contributed by atoms with van der Waals surface area (Å²) >= 11 is 0. The molecule has 3 amide bonds. The molecule has 0 bridgehead atoms. The number of halogens is 3. The number of imide groups is 1. The fraction of sp³-hybridized carbons (Fsp3) is 0.591. The number of amides is 3. The van der Waals surface area contributed by atoms with Crippen molar-refractivity contribution in [2.75, 3.05) is 7.05 Å². The summed E-state index contributed by atoms with van der Waals surface area (Å²) < 4.78 is 41.5. The number of hydrogen-bond donors (Lipinski definition) is 1. The van der Waals surface area contributed by atoms with E-state index in [2.05, 4.69) is 0 Å². The molecule has 1 saturated heterocycles. The van der Waals surface area contributed by atoms with Crippen LogP contribution in [0.4, 0.5) is 18.0 Å². The molecule has 1 aliphatic heterocycles. The molecule has 1 heterocycles. The van der Waals surface area contributed by atoms with Crippen LogP contribution in [0.5, 0.6) is 0 Å². The molecule has 9 heteroatoms. The van der Waals surface area contributed by atoms with Crippen molar-refractivity contribution in [3.05, 3.63) is 35.9 Å². The maximum absolute atomic E-state index is 13.8. The lowest BCUT2D eigenvalue weighted by atomic mass is 9.81. The zero-order valence-corrected chi connectivity index (χ0v) is 17.3. The van der Waals surface area contributed by atoms with Gasteiger partial charge in [-0.2, -0.15) is 13.2 Å². The van der Waals surface area contributed by atoms with Gasteiger partial charge in [0, 0.05) is 7.05 Å². The number of hydrogen-bond acceptors (Lipinski definition) is 3. The number of aliphatic carboxylic acids is 1. The van der Waals surface area contributed by atoms with Gasteiger partial charge in [0.05, 0.1) is 5.92 Å². The number of likely N-dealkylation sites (tertiary alicyclic amines) is 1. The maximum atomic E-state index is 13.8. The summed E-state index contributed by atoms with van der Waals surface area (Å²) in [5.41, 5.74) is 0.913. The predicted octanol–water partition coefficient (Wildman–Crippen LogP) is 4.09. The molecule has 170 valence electrons. The first-order valence-corrected chi connectivity index (χ1v) is 10.6. The van der Waals surface area contributed by atoms with Gasteiger partial charge in [-0.05, 0) is 37.2 Å². The molecular formula is C22H27F3N2O4. The second-order valence-electron chi connectivity index (χ2n) is 8.40. The highest BCUT2D eigenvalue weighted by Crippen LogP contribution is 2.39. The predicted molar refractivity (Wildman–Crippen MR) is 106 cm³/mol. The minimum absolute atomic E-state index is 0.207. The lowest BCUT2D eigenvalue weighted by Gasteiger charge is -2.46. The first kappa shape index (κ1) is 23.1. The Hall–Kier alpha value is -2.58. The van der Waals surface area contributed by atoms with E-state index in [1.165, 1.54) is 0 Å². The number of rotatable bonds is 6. The first-order chi connectivity index (χ1) is 14.6. The number of urea groups is 1. The van der Waals surface area contributed by atoms with Crippen LogP contribution >= 0.6 is 0 Å². The number of nitrogens with zero attached hydrogens (tertiary/aromatic N) is 2. The maximum Gasteiger partial charge on any atom is 0.409 e. The third-order valence-electron chi connectivity index (χ3n) is 6.41. The normalized spacial score (nSPS) is 23.2. The van der Waals surface area contributed by atoms with Crippen LogP contribution in [0.25, 0.3) is 0 Å². The smallest absolute Gasteiger partial charge is 0.409 e. The highest BCUT2D eigenvalue weighted by atomic mass is 19.4. The molecule has 3 rings (SSSR count). The molecule has 0 unspecified atom stereocenters. The van der Waals surface area contributed by atoms with Crippen molar-refractivity contribution in [3.63, 3.8) is 0 Å². The van der Waals surface area contributed by atoms with Gasteiger partial charge >= 0.3 is 18.2 Å². The number of carbonyl (C=O) groups is 3. The number of carbonyl (C=O) groups excluding carboxylic acids is 2. The van der Waals surface area contributed by atoms with E-state index in [9.17, 15) is 32.7 Å². The zero-order chi connectivity index (χ0) is 22.8. The monoisotopic (exact) mass is 440 g/mol. The Kier molecular flexibility index (Phi) is 6.91. The largest absolute Gasteiger partial charge is 0.480 e. The summed E-state index contributed by atoms with van der Waals surface area (Å²) in [5.74, 6) is -3.81. The van der Waals surface area contributed by atoms with Gasteiger partial charge in [0.25, 0.3) is 0 Å². The first-order valence-electron chi connectivity index (χ1n) is 10.6. The van der Waals surface area contributed by atoms with Crippen LogP contribution in [-0.2, 0) is 16.0 Å². The molecule has 1 aliphatic carbocycles. The van der Waals surface area contributed by atoms with Crippen molar-refractivity contribution >= 4 is 17.9 Å². The van der Waals surface area contributed by atoms with Gasteiger partial charge < -0.3 is 10.0 Å². The van der Waals surface area contributed by atoms with Crippen molar-refractivity contribution < 1.29 is 32.7 Å². The molecular weight excluding hydrogens is 413 g/mol. The van der Waals surface area contributed by atoms with Crippen molar-refractivity contribution in [1.29, 1.82) is 0 Å². The Morgan fingerprint density at radius 2 is 1.77 bits per heavy atom. The number of alkyl halides is 3. The van der Waals surface area contributed by atoms with E-state index in [0.717, 1.165) is 19.0 Å². The standard InChI is InChI=1S/C22H27F3N2O4/c1-26(18(22(23,24)25)15-10-6-3-7-11-15)21(31)27-17(20(29)30)16(19(27)28)13-12-14-8-4-2-5-9-14/h2,4-5,8-9,15-18H,3,6-7,10-13H2,1H3,(H,29,30)/t16-,17+,18+/m1/s1. The van der Waals surface area contributed by atoms with E-state index < -0.39 is 48.0 Å². The minimum Gasteiger partial charge on any atom is -0.480 e. The van der Waals surface area contributed by atoms with E-state index in [1.54, 1.807) is 0 Å². The van der Waals surface area contributed by atoms with Crippen LogP contribution in [-0.4, -0.2) is 58.1 Å². The summed E-state index contributed by atoms with van der Waals surface area (Å²) in [6.07, 6.45) is -1.16. The SMILES string of the molecule is CN(C(=O)N1C(=O)[C@H](CCc2ccccc2)[C@H]1C(=O)O)[C@@H](C1CCCCC1)C(F)(F)F.